The zero-order valence-electron chi connectivity index (χ0n) is 8.72. The van der Waals surface area contributed by atoms with E-state index in [4.69, 9.17) is 5.73 Å². The lowest BCUT2D eigenvalue weighted by molar-refractivity contribution is 0.277. The van der Waals surface area contributed by atoms with Gasteiger partial charge >= 0.3 is 0 Å². The summed E-state index contributed by atoms with van der Waals surface area (Å²) in [6, 6.07) is 0. The number of aromatic nitrogens is 3. The van der Waals surface area contributed by atoms with Crippen LogP contribution in [-0.4, -0.2) is 14.4 Å². The van der Waals surface area contributed by atoms with E-state index in [2.05, 4.69) is 21.3 Å². The number of hydrogen-bond donors (Lipinski definition) is 1. The van der Waals surface area contributed by atoms with Crippen LogP contribution in [0.3, 0.4) is 0 Å². The van der Waals surface area contributed by atoms with Crippen LogP contribution in [0, 0.1) is 5.92 Å². The van der Waals surface area contributed by atoms with Crippen LogP contribution in [-0.2, 0) is 0 Å². The number of imidazole rings is 1. The van der Waals surface area contributed by atoms with Crippen molar-refractivity contribution < 1.29 is 0 Å². The summed E-state index contributed by atoms with van der Waals surface area (Å²) in [5.74, 6) is 3.13. The lowest BCUT2D eigenvalue weighted by Crippen LogP contribution is -2.21. The van der Waals surface area contributed by atoms with E-state index in [1.807, 2.05) is 12.4 Å². The van der Waals surface area contributed by atoms with Crippen LogP contribution in [0.25, 0.3) is 5.52 Å². The van der Waals surface area contributed by atoms with Crippen molar-refractivity contribution in [2.24, 2.45) is 5.92 Å². The standard InChI is InChI=1S/C11H14N4/c1-7-4-8(5-7)11-14-6-9-10(12)13-2-3-15(9)11/h2-3,6-8H,4-5H2,1H3,(H2,12,13)/t7-,8-. The molecule has 0 radical (unpaired) electrons. The third-order valence-electron chi connectivity index (χ3n) is 3.26. The maximum absolute atomic E-state index is 5.78. The SMILES string of the molecule is C[C@H]1C[C@H](c2ncc3c(N)nccn32)C1. The largest absolute Gasteiger partial charge is 0.382 e. The normalized spacial score (nSPS) is 25.4. The highest BCUT2D eigenvalue weighted by Gasteiger charge is 2.29. The van der Waals surface area contributed by atoms with Gasteiger partial charge in [-0.05, 0) is 18.8 Å². The lowest BCUT2D eigenvalue weighted by Gasteiger charge is -2.31. The van der Waals surface area contributed by atoms with Gasteiger partial charge in [-0.2, -0.15) is 0 Å². The molecule has 0 saturated heterocycles. The van der Waals surface area contributed by atoms with E-state index in [0.717, 1.165) is 17.3 Å². The molecule has 3 rings (SSSR count). The van der Waals surface area contributed by atoms with Gasteiger partial charge in [-0.25, -0.2) is 9.97 Å². The molecule has 2 N–H and O–H groups in total. The fourth-order valence-corrected chi connectivity index (χ4v) is 2.38. The summed E-state index contributed by atoms with van der Waals surface area (Å²) in [7, 11) is 0. The minimum Gasteiger partial charge on any atom is -0.382 e. The molecule has 0 bridgehead atoms. The molecule has 0 atom stereocenters. The monoisotopic (exact) mass is 202 g/mol. The summed E-state index contributed by atoms with van der Waals surface area (Å²) in [6.07, 6.45) is 7.97. The van der Waals surface area contributed by atoms with Crippen LogP contribution in [0.4, 0.5) is 5.82 Å². The minimum absolute atomic E-state index is 0.559. The molecule has 2 aromatic rings. The highest BCUT2D eigenvalue weighted by atomic mass is 15.1. The Labute approximate surface area is 88.1 Å². The van der Waals surface area contributed by atoms with Crippen molar-refractivity contribution in [2.45, 2.75) is 25.7 Å². The minimum atomic E-state index is 0.559. The van der Waals surface area contributed by atoms with Gasteiger partial charge in [-0.15, -0.1) is 0 Å². The second-order valence-corrected chi connectivity index (χ2v) is 4.46. The van der Waals surface area contributed by atoms with Gasteiger partial charge in [0.05, 0.1) is 6.20 Å². The number of nitrogens with zero attached hydrogens (tertiary/aromatic N) is 3. The molecule has 4 nitrogen and oxygen atoms in total. The molecule has 0 unspecified atom stereocenters. The Morgan fingerprint density at radius 3 is 2.93 bits per heavy atom. The zero-order chi connectivity index (χ0) is 10.4. The first kappa shape index (κ1) is 8.71. The Hall–Kier alpha value is -1.58. The first-order chi connectivity index (χ1) is 7.25. The van der Waals surface area contributed by atoms with Gasteiger partial charge in [0.2, 0.25) is 0 Å². The Morgan fingerprint density at radius 2 is 2.20 bits per heavy atom. The van der Waals surface area contributed by atoms with E-state index in [-0.39, 0.29) is 0 Å². The molecule has 0 spiro atoms. The topological polar surface area (TPSA) is 56.2 Å². The summed E-state index contributed by atoms with van der Waals surface area (Å²) < 4.78 is 2.07. The van der Waals surface area contributed by atoms with Gasteiger partial charge in [0.15, 0.2) is 0 Å². The third kappa shape index (κ3) is 1.21. The zero-order valence-corrected chi connectivity index (χ0v) is 8.72. The first-order valence-electron chi connectivity index (χ1n) is 5.33. The molecule has 1 aliphatic rings. The van der Waals surface area contributed by atoms with Crippen molar-refractivity contribution >= 4 is 11.3 Å². The molecule has 1 aliphatic carbocycles. The van der Waals surface area contributed by atoms with E-state index in [9.17, 15) is 0 Å². The van der Waals surface area contributed by atoms with Crippen LogP contribution >= 0.6 is 0 Å². The maximum atomic E-state index is 5.78. The van der Waals surface area contributed by atoms with Gasteiger partial charge in [0, 0.05) is 18.3 Å². The van der Waals surface area contributed by atoms with Crippen molar-refractivity contribution in [3.8, 4) is 0 Å². The summed E-state index contributed by atoms with van der Waals surface area (Å²) in [5, 5.41) is 0. The van der Waals surface area contributed by atoms with E-state index < -0.39 is 0 Å². The number of hydrogen-bond acceptors (Lipinski definition) is 3. The van der Waals surface area contributed by atoms with Crippen LogP contribution in [0.5, 0.6) is 0 Å². The first-order valence-corrected chi connectivity index (χ1v) is 5.33. The predicted molar refractivity (Wildman–Crippen MR) is 58.5 cm³/mol. The third-order valence-corrected chi connectivity index (χ3v) is 3.26. The Bertz CT molecular complexity index is 496. The molecule has 0 aliphatic heterocycles. The average Bonchev–Trinajstić information content (AvgIpc) is 2.58. The average molecular weight is 202 g/mol. The lowest BCUT2D eigenvalue weighted by atomic mass is 9.76. The number of anilines is 1. The summed E-state index contributed by atoms with van der Waals surface area (Å²) in [6.45, 7) is 2.28. The molecule has 2 heterocycles. The molecule has 78 valence electrons. The Balaban J connectivity index is 2.09. The van der Waals surface area contributed by atoms with E-state index in [1.54, 1.807) is 6.20 Å². The predicted octanol–water partition coefficient (Wildman–Crippen LogP) is 1.82. The van der Waals surface area contributed by atoms with Crippen LogP contribution in [0.2, 0.25) is 0 Å². The highest BCUT2D eigenvalue weighted by molar-refractivity contribution is 5.64. The van der Waals surface area contributed by atoms with E-state index >= 15 is 0 Å². The van der Waals surface area contributed by atoms with Crippen molar-refractivity contribution in [1.29, 1.82) is 0 Å². The fraction of sp³-hybridized carbons (Fsp3) is 0.455. The molecule has 15 heavy (non-hydrogen) atoms. The van der Waals surface area contributed by atoms with Crippen molar-refractivity contribution in [3.05, 3.63) is 24.4 Å². The summed E-state index contributed by atoms with van der Waals surface area (Å²) in [4.78, 5) is 8.51. The van der Waals surface area contributed by atoms with Crippen molar-refractivity contribution in [3.63, 3.8) is 0 Å². The maximum Gasteiger partial charge on any atom is 0.149 e. The van der Waals surface area contributed by atoms with Crippen molar-refractivity contribution in [2.75, 3.05) is 5.73 Å². The van der Waals surface area contributed by atoms with Crippen LogP contribution < -0.4 is 5.73 Å². The second-order valence-electron chi connectivity index (χ2n) is 4.46. The molecule has 1 fully saturated rings. The molecular formula is C11H14N4. The van der Waals surface area contributed by atoms with Gasteiger partial charge in [-0.3, -0.25) is 4.40 Å². The molecule has 1 saturated carbocycles. The fourth-order valence-electron chi connectivity index (χ4n) is 2.38. The molecule has 2 aromatic heterocycles. The quantitative estimate of drug-likeness (QED) is 0.767. The summed E-state index contributed by atoms with van der Waals surface area (Å²) in [5.41, 5.74) is 6.71. The number of fused-ring (bicyclic) bond motifs is 1. The Kier molecular flexibility index (Phi) is 1.71. The summed E-state index contributed by atoms with van der Waals surface area (Å²) >= 11 is 0. The molecule has 0 amide bonds. The van der Waals surface area contributed by atoms with Crippen LogP contribution in [0.1, 0.15) is 31.5 Å². The number of nitrogens with two attached hydrogens (primary N) is 1. The van der Waals surface area contributed by atoms with Crippen molar-refractivity contribution in [1.82, 2.24) is 14.4 Å². The van der Waals surface area contributed by atoms with Gasteiger partial charge in [0.25, 0.3) is 0 Å². The van der Waals surface area contributed by atoms with Gasteiger partial charge < -0.3 is 5.73 Å². The highest BCUT2D eigenvalue weighted by Crippen LogP contribution is 2.40. The molecule has 0 aromatic carbocycles. The second kappa shape index (κ2) is 2.95. The smallest absolute Gasteiger partial charge is 0.149 e. The molecule has 4 heteroatoms. The number of rotatable bonds is 1. The van der Waals surface area contributed by atoms with Crippen LogP contribution in [0.15, 0.2) is 18.6 Å². The number of nitrogen functional groups attached to an aromatic ring is 1. The molecular weight excluding hydrogens is 188 g/mol. The van der Waals surface area contributed by atoms with Gasteiger partial charge in [0.1, 0.15) is 17.2 Å². The van der Waals surface area contributed by atoms with E-state index in [0.29, 0.717) is 11.7 Å². The Morgan fingerprint density at radius 1 is 1.40 bits per heavy atom. The van der Waals surface area contributed by atoms with E-state index in [1.165, 1.54) is 12.8 Å². The van der Waals surface area contributed by atoms with Gasteiger partial charge in [-0.1, -0.05) is 6.92 Å².